The zero-order valence-corrected chi connectivity index (χ0v) is 18.1. The number of carbonyl (C=O) groups excluding carboxylic acids is 2. The molecule has 2 amide bonds. The molecule has 1 saturated heterocycles. The number of nitrogens with zero attached hydrogens (tertiary/aromatic N) is 3. The van der Waals surface area contributed by atoms with Crippen molar-refractivity contribution in [3.8, 4) is 17.0 Å². The molecule has 3 heterocycles. The lowest BCUT2D eigenvalue weighted by Gasteiger charge is -2.34. The Morgan fingerprint density at radius 3 is 2.58 bits per heavy atom. The molecule has 1 aromatic carbocycles. The van der Waals surface area contributed by atoms with Gasteiger partial charge in [0.25, 0.3) is 0 Å². The Kier molecular flexibility index (Phi) is 6.06. The molecule has 0 radical (unpaired) electrons. The third-order valence-electron chi connectivity index (χ3n) is 5.68. The van der Waals surface area contributed by atoms with Crippen molar-refractivity contribution in [2.75, 3.05) is 18.4 Å². The molecule has 2 aliphatic heterocycles. The molecule has 1 aromatic heterocycles. The first-order chi connectivity index (χ1) is 14.9. The van der Waals surface area contributed by atoms with Crippen LogP contribution in [-0.4, -0.2) is 52.4 Å². The van der Waals surface area contributed by atoms with Crippen molar-refractivity contribution in [1.82, 2.24) is 15.1 Å². The summed E-state index contributed by atoms with van der Waals surface area (Å²) in [5.41, 5.74) is 2.88. The van der Waals surface area contributed by atoms with Crippen LogP contribution in [0.15, 0.2) is 30.3 Å². The molecule has 8 heteroatoms. The van der Waals surface area contributed by atoms with Crippen molar-refractivity contribution in [3.63, 3.8) is 0 Å². The third kappa shape index (κ3) is 4.95. The maximum Gasteiger partial charge on any atom is 0.410 e. The van der Waals surface area contributed by atoms with E-state index in [0.29, 0.717) is 24.8 Å². The highest BCUT2D eigenvalue weighted by Crippen LogP contribution is 2.37. The molecule has 1 fully saturated rings. The quantitative estimate of drug-likeness (QED) is 0.805. The fraction of sp³-hybridized carbons (Fsp3) is 0.478. The predicted octanol–water partition coefficient (Wildman–Crippen LogP) is 3.66. The number of aromatic nitrogens is 2. The topological polar surface area (TPSA) is 93.7 Å². The summed E-state index contributed by atoms with van der Waals surface area (Å²) >= 11 is 0. The van der Waals surface area contributed by atoms with E-state index in [0.717, 1.165) is 41.8 Å². The van der Waals surface area contributed by atoms with Gasteiger partial charge in [-0.25, -0.2) is 4.79 Å². The molecule has 1 N–H and O–H groups in total. The highest BCUT2D eigenvalue weighted by molar-refractivity contribution is 5.87. The average Bonchev–Trinajstić information content (AvgIpc) is 3.17. The Hall–Kier alpha value is -3.16. The first-order valence-corrected chi connectivity index (χ1v) is 10.8. The van der Waals surface area contributed by atoms with Crippen LogP contribution in [0.25, 0.3) is 11.3 Å². The van der Waals surface area contributed by atoms with E-state index in [1.165, 1.54) is 6.92 Å². The Balaban J connectivity index is 1.37. The molecule has 8 nitrogen and oxygen atoms in total. The SMILES string of the molecule is CC(=O)Nc1ccc(-c2ccc3c(c2)CC(C2CCN(C(=O)OC(C)C)CC2)O3)nn1. The first-order valence-electron chi connectivity index (χ1n) is 10.8. The molecule has 0 saturated carbocycles. The first kappa shape index (κ1) is 21.1. The number of benzene rings is 1. The predicted molar refractivity (Wildman–Crippen MR) is 116 cm³/mol. The molecule has 1 atom stereocenters. The van der Waals surface area contributed by atoms with Gasteiger partial charge in [0, 0.05) is 32.0 Å². The minimum Gasteiger partial charge on any atom is -0.490 e. The van der Waals surface area contributed by atoms with E-state index in [2.05, 4.69) is 21.6 Å². The minimum atomic E-state index is -0.223. The fourth-order valence-electron chi connectivity index (χ4n) is 4.16. The van der Waals surface area contributed by atoms with Gasteiger partial charge in [0.05, 0.1) is 11.8 Å². The van der Waals surface area contributed by atoms with E-state index in [1.54, 1.807) is 11.0 Å². The molecule has 0 spiro atoms. The van der Waals surface area contributed by atoms with Crippen molar-refractivity contribution in [1.29, 1.82) is 0 Å². The number of amides is 2. The molecule has 2 aromatic rings. The van der Waals surface area contributed by atoms with E-state index < -0.39 is 0 Å². The summed E-state index contributed by atoms with van der Waals surface area (Å²) < 4.78 is 11.5. The van der Waals surface area contributed by atoms with Crippen LogP contribution in [0.1, 0.15) is 39.2 Å². The van der Waals surface area contributed by atoms with Crippen molar-refractivity contribution < 1.29 is 19.1 Å². The minimum absolute atomic E-state index is 0.0987. The molecular formula is C23H28N4O4. The van der Waals surface area contributed by atoms with Crippen molar-refractivity contribution in [2.24, 2.45) is 5.92 Å². The van der Waals surface area contributed by atoms with Crippen LogP contribution in [0, 0.1) is 5.92 Å². The number of hydrogen-bond acceptors (Lipinski definition) is 6. The molecule has 0 aliphatic carbocycles. The Morgan fingerprint density at radius 1 is 1.16 bits per heavy atom. The number of carbonyl (C=O) groups is 2. The van der Waals surface area contributed by atoms with Gasteiger partial charge in [-0.05, 0) is 68.5 Å². The number of anilines is 1. The number of nitrogens with one attached hydrogen (secondary N) is 1. The number of piperidine rings is 1. The zero-order valence-electron chi connectivity index (χ0n) is 18.1. The third-order valence-corrected chi connectivity index (χ3v) is 5.68. The zero-order chi connectivity index (χ0) is 22.0. The summed E-state index contributed by atoms with van der Waals surface area (Å²) in [4.78, 5) is 25.0. The van der Waals surface area contributed by atoms with Crippen molar-refractivity contribution >= 4 is 17.8 Å². The summed E-state index contributed by atoms with van der Waals surface area (Å²) in [6.45, 7) is 6.58. The Labute approximate surface area is 181 Å². The monoisotopic (exact) mass is 424 g/mol. The van der Waals surface area contributed by atoms with E-state index in [4.69, 9.17) is 9.47 Å². The van der Waals surface area contributed by atoms with E-state index in [9.17, 15) is 9.59 Å². The number of ether oxygens (including phenoxy) is 2. The van der Waals surface area contributed by atoms with E-state index in [-0.39, 0.29) is 24.2 Å². The fourth-order valence-corrected chi connectivity index (χ4v) is 4.16. The smallest absolute Gasteiger partial charge is 0.410 e. The van der Waals surface area contributed by atoms with Gasteiger partial charge in [-0.2, -0.15) is 0 Å². The molecule has 4 rings (SSSR count). The van der Waals surface area contributed by atoms with Crippen molar-refractivity contribution in [2.45, 2.75) is 52.2 Å². The summed E-state index contributed by atoms with van der Waals surface area (Å²) in [5.74, 6) is 1.59. The number of rotatable bonds is 4. The molecule has 164 valence electrons. The number of fused-ring (bicyclic) bond motifs is 1. The van der Waals surface area contributed by atoms with Crippen LogP contribution >= 0.6 is 0 Å². The second kappa shape index (κ2) is 8.91. The lowest BCUT2D eigenvalue weighted by molar-refractivity contribution is -0.114. The van der Waals surface area contributed by atoms with E-state index >= 15 is 0 Å². The maximum atomic E-state index is 12.1. The van der Waals surface area contributed by atoms with Gasteiger partial charge in [-0.15, -0.1) is 10.2 Å². The van der Waals surface area contributed by atoms with E-state index in [1.807, 2.05) is 32.0 Å². The second-order valence-corrected chi connectivity index (χ2v) is 8.42. The van der Waals surface area contributed by atoms with Gasteiger partial charge in [-0.1, -0.05) is 0 Å². The summed E-state index contributed by atoms with van der Waals surface area (Å²) in [7, 11) is 0. The van der Waals surface area contributed by atoms with Crippen molar-refractivity contribution in [3.05, 3.63) is 35.9 Å². The highest BCUT2D eigenvalue weighted by atomic mass is 16.6. The van der Waals surface area contributed by atoms with Gasteiger partial charge in [0.1, 0.15) is 11.9 Å². The lowest BCUT2D eigenvalue weighted by atomic mass is 9.89. The Bertz CT molecular complexity index is 953. The van der Waals surface area contributed by atoms with Crippen LogP contribution < -0.4 is 10.1 Å². The van der Waals surface area contributed by atoms with Gasteiger partial charge < -0.3 is 19.7 Å². The molecule has 2 aliphatic rings. The maximum absolute atomic E-state index is 12.1. The normalized spacial score (nSPS) is 18.5. The second-order valence-electron chi connectivity index (χ2n) is 8.42. The van der Waals surface area contributed by atoms with Crippen LogP contribution in [0.3, 0.4) is 0 Å². The summed E-state index contributed by atoms with van der Waals surface area (Å²) in [6, 6.07) is 9.66. The largest absolute Gasteiger partial charge is 0.490 e. The Morgan fingerprint density at radius 2 is 1.94 bits per heavy atom. The van der Waals surface area contributed by atoms with Gasteiger partial charge in [0.15, 0.2) is 5.82 Å². The van der Waals surface area contributed by atoms with Gasteiger partial charge in [0.2, 0.25) is 5.91 Å². The van der Waals surface area contributed by atoms with Gasteiger partial charge >= 0.3 is 6.09 Å². The molecule has 1 unspecified atom stereocenters. The lowest BCUT2D eigenvalue weighted by Crippen LogP contribution is -2.43. The standard InChI is InChI=1S/C23H28N4O4/c1-14(2)30-23(29)27-10-8-16(9-11-27)21-13-18-12-17(4-6-20(18)31-21)19-5-7-22(26-25-19)24-15(3)28/h4-7,12,14,16,21H,8-11,13H2,1-3H3,(H,24,26,28). The van der Waals surface area contributed by atoms with Crippen LogP contribution in [-0.2, 0) is 16.0 Å². The number of hydrogen-bond donors (Lipinski definition) is 1. The summed E-state index contributed by atoms with van der Waals surface area (Å²) in [5, 5.41) is 10.9. The molecular weight excluding hydrogens is 396 g/mol. The van der Waals surface area contributed by atoms with Gasteiger partial charge in [-0.3, -0.25) is 4.79 Å². The average molecular weight is 425 g/mol. The van der Waals surface area contributed by atoms with Crippen LogP contribution in [0.4, 0.5) is 10.6 Å². The highest BCUT2D eigenvalue weighted by Gasteiger charge is 2.34. The summed E-state index contributed by atoms with van der Waals surface area (Å²) in [6.07, 6.45) is 2.48. The molecule has 31 heavy (non-hydrogen) atoms. The molecule has 0 bridgehead atoms. The van der Waals surface area contributed by atoms with Crippen LogP contribution in [0.2, 0.25) is 0 Å². The van der Waals surface area contributed by atoms with Crippen LogP contribution in [0.5, 0.6) is 5.75 Å². The number of likely N-dealkylation sites (tertiary alicyclic amines) is 1.